The van der Waals surface area contributed by atoms with Crippen molar-refractivity contribution in [2.24, 2.45) is 0 Å². The predicted molar refractivity (Wildman–Crippen MR) is 207 cm³/mol. The monoisotopic (exact) mass is 666 g/mol. The number of aliphatic hydroxyl groups is 2. The number of nitrogens with one attached hydrogen (secondary N) is 1. The van der Waals surface area contributed by atoms with Crippen molar-refractivity contribution >= 4 is 5.91 Å². The fourth-order valence-corrected chi connectivity index (χ4v) is 7.01. The van der Waals surface area contributed by atoms with Crippen LogP contribution in [0, 0.1) is 0 Å². The van der Waals surface area contributed by atoms with Gasteiger partial charge in [-0.1, -0.05) is 232 Å². The highest BCUT2D eigenvalue weighted by molar-refractivity contribution is 5.76. The summed E-state index contributed by atoms with van der Waals surface area (Å²) in [6.07, 6.45) is 47.6. The van der Waals surface area contributed by atoms with Crippen molar-refractivity contribution in [1.82, 2.24) is 5.32 Å². The van der Waals surface area contributed by atoms with Gasteiger partial charge in [-0.2, -0.15) is 0 Å². The fraction of sp³-hybridized carbons (Fsp3) is 0.977. The van der Waals surface area contributed by atoms with Gasteiger partial charge in [0.2, 0.25) is 5.91 Å². The third kappa shape index (κ3) is 36.5. The third-order valence-corrected chi connectivity index (χ3v) is 10.4. The minimum absolute atomic E-state index is 0.0275. The molecule has 0 saturated heterocycles. The zero-order chi connectivity index (χ0) is 34.3. The average Bonchev–Trinajstić information content (AvgIpc) is 3.07. The summed E-state index contributed by atoms with van der Waals surface area (Å²) in [5.41, 5.74) is 0. The lowest BCUT2D eigenvalue weighted by Gasteiger charge is -2.22. The van der Waals surface area contributed by atoms with E-state index >= 15 is 0 Å². The standard InChI is InChI=1S/C43H87NO3/c1-3-5-7-9-11-13-15-16-17-18-19-20-21-22-23-24-25-26-27-28-29-31-33-35-37-39-43(47)44-41(40-45)42(46)38-36-34-32-30-14-12-10-8-6-4-2/h41-42,45-46H,3-40H2,1-2H3,(H,44,47)/t41-,42+/m0/s1. The molecule has 282 valence electrons. The van der Waals surface area contributed by atoms with Gasteiger partial charge in [0.1, 0.15) is 0 Å². The number of hydrogen-bond donors (Lipinski definition) is 3. The van der Waals surface area contributed by atoms with Crippen LogP contribution in [-0.2, 0) is 4.79 Å². The molecule has 2 atom stereocenters. The Morgan fingerprint density at radius 2 is 0.681 bits per heavy atom. The number of carbonyl (C=O) groups is 1. The molecular weight excluding hydrogens is 578 g/mol. The molecule has 0 fully saturated rings. The van der Waals surface area contributed by atoms with E-state index in [1.165, 1.54) is 199 Å². The second kappa shape index (κ2) is 39.8. The Labute approximate surface area is 295 Å². The smallest absolute Gasteiger partial charge is 0.220 e. The largest absolute Gasteiger partial charge is 0.394 e. The Kier molecular flexibility index (Phi) is 39.3. The van der Waals surface area contributed by atoms with Gasteiger partial charge < -0.3 is 15.5 Å². The number of carbonyl (C=O) groups excluding carboxylic acids is 1. The summed E-state index contributed by atoms with van der Waals surface area (Å²) in [5.74, 6) is -0.0275. The van der Waals surface area contributed by atoms with Crippen molar-refractivity contribution in [1.29, 1.82) is 0 Å². The summed E-state index contributed by atoms with van der Waals surface area (Å²) >= 11 is 0. The Hall–Kier alpha value is -0.610. The number of unbranched alkanes of at least 4 members (excludes halogenated alkanes) is 33. The fourth-order valence-electron chi connectivity index (χ4n) is 7.01. The molecule has 0 aliphatic carbocycles. The van der Waals surface area contributed by atoms with Crippen molar-refractivity contribution in [3.05, 3.63) is 0 Å². The topological polar surface area (TPSA) is 69.6 Å². The van der Waals surface area contributed by atoms with Gasteiger partial charge in [0.15, 0.2) is 0 Å². The molecule has 0 heterocycles. The van der Waals surface area contributed by atoms with Gasteiger partial charge in [-0.05, 0) is 12.8 Å². The Bertz CT molecular complexity index is 598. The number of amides is 1. The molecule has 0 radical (unpaired) electrons. The number of aliphatic hydroxyl groups excluding tert-OH is 2. The molecule has 0 aromatic carbocycles. The first-order valence-corrected chi connectivity index (χ1v) is 21.7. The molecule has 0 aromatic heterocycles. The number of rotatable bonds is 40. The normalized spacial score (nSPS) is 12.9. The molecule has 4 heteroatoms. The second-order valence-electron chi connectivity index (χ2n) is 15.1. The van der Waals surface area contributed by atoms with Gasteiger partial charge in [0.05, 0.1) is 18.8 Å². The lowest BCUT2D eigenvalue weighted by atomic mass is 10.0. The Balaban J connectivity index is 3.39. The van der Waals surface area contributed by atoms with Crippen LogP contribution in [0.3, 0.4) is 0 Å². The molecule has 47 heavy (non-hydrogen) atoms. The van der Waals surface area contributed by atoms with Crippen molar-refractivity contribution in [3.63, 3.8) is 0 Å². The highest BCUT2D eigenvalue weighted by atomic mass is 16.3. The molecule has 0 aliphatic rings. The molecular formula is C43H87NO3. The summed E-state index contributed by atoms with van der Waals surface area (Å²) < 4.78 is 0. The SMILES string of the molecule is CCCCCCCCCCCCCCCCCCCCCCCCCCCC(=O)N[C@@H](CO)[C@H](O)CCCCCCCCCCCC. The van der Waals surface area contributed by atoms with E-state index in [0.29, 0.717) is 12.8 Å². The summed E-state index contributed by atoms with van der Waals surface area (Å²) in [5, 5.41) is 23.1. The van der Waals surface area contributed by atoms with Gasteiger partial charge in [0.25, 0.3) is 0 Å². The average molecular weight is 666 g/mol. The van der Waals surface area contributed by atoms with Gasteiger partial charge in [0, 0.05) is 6.42 Å². The summed E-state index contributed by atoms with van der Waals surface area (Å²) in [4.78, 5) is 12.4. The summed E-state index contributed by atoms with van der Waals surface area (Å²) in [6, 6.07) is -0.528. The van der Waals surface area contributed by atoms with Crippen molar-refractivity contribution in [3.8, 4) is 0 Å². The second-order valence-corrected chi connectivity index (χ2v) is 15.1. The first kappa shape index (κ1) is 46.4. The molecule has 3 N–H and O–H groups in total. The van der Waals surface area contributed by atoms with Crippen LogP contribution in [0.1, 0.15) is 251 Å². The van der Waals surface area contributed by atoms with Crippen LogP contribution in [0.4, 0.5) is 0 Å². The Morgan fingerprint density at radius 1 is 0.426 bits per heavy atom. The van der Waals surface area contributed by atoms with E-state index in [2.05, 4.69) is 19.2 Å². The highest BCUT2D eigenvalue weighted by Crippen LogP contribution is 2.17. The zero-order valence-electron chi connectivity index (χ0n) is 32.3. The molecule has 0 unspecified atom stereocenters. The minimum Gasteiger partial charge on any atom is -0.394 e. The minimum atomic E-state index is -0.651. The van der Waals surface area contributed by atoms with Crippen molar-refractivity contribution < 1.29 is 15.0 Å². The lowest BCUT2D eigenvalue weighted by Crippen LogP contribution is -2.45. The van der Waals surface area contributed by atoms with Crippen molar-refractivity contribution in [2.75, 3.05) is 6.61 Å². The third-order valence-electron chi connectivity index (χ3n) is 10.4. The number of hydrogen-bond acceptors (Lipinski definition) is 3. The van der Waals surface area contributed by atoms with Crippen LogP contribution in [-0.4, -0.2) is 34.9 Å². The van der Waals surface area contributed by atoms with Crippen LogP contribution < -0.4 is 5.32 Å². The lowest BCUT2D eigenvalue weighted by molar-refractivity contribution is -0.123. The van der Waals surface area contributed by atoms with Gasteiger partial charge in [-0.25, -0.2) is 0 Å². The van der Waals surface area contributed by atoms with E-state index in [4.69, 9.17) is 0 Å². The maximum atomic E-state index is 12.4. The molecule has 0 rings (SSSR count). The van der Waals surface area contributed by atoms with Crippen molar-refractivity contribution in [2.45, 2.75) is 264 Å². The Morgan fingerprint density at radius 3 is 0.957 bits per heavy atom. The molecule has 0 aliphatic heterocycles. The first-order valence-electron chi connectivity index (χ1n) is 21.7. The molecule has 0 saturated carbocycles. The van der Waals surface area contributed by atoms with Gasteiger partial charge >= 0.3 is 0 Å². The molecule has 0 aromatic rings. The van der Waals surface area contributed by atoms with Gasteiger partial charge in [-0.15, -0.1) is 0 Å². The van der Waals surface area contributed by atoms with Crippen LogP contribution in [0.15, 0.2) is 0 Å². The molecule has 4 nitrogen and oxygen atoms in total. The van der Waals surface area contributed by atoms with Gasteiger partial charge in [-0.3, -0.25) is 4.79 Å². The summed E-state index contributed by atoms with van der Waals surface area (Å²) in [7, 11) is 0. The van der Waals surface area contributed by atoms with Crippen LogP contribution in [0.25, 0.3) is 0 Å². The molecule has 1 amide bonds. The van der Waals surface area contributed by atoms with E-state index in [1.54, 1.807) is 0 Å². The van der Waals surface area contributed by atoms with E-state index < -0.39 is 12.1 Å². The quantitative estimate of drug-likeness (QED) is 0.0570. The maximum Gasteiger partial charge on any atom is 0.220 e. The molecule has 0 spiro atoms. The van der Waals surface area contributed by atoms with Crippen LogP contribution in [0.2, 0.25) is 0 Å². The highest BCUT2D eigenvalue weighted by Gasteiger charge is 2.20. The van der Waals surface area contributed by atoms with Crippen LogP contribution >= 0.6 is 0 Å². The van der Waals surface area contributed by atoms with E-state index in [-0.39, 0.29) is 12.5 Å². The molecule has 0 bridgehead atoms. The van der Waals surface area contributed by atoms with E-state index in [9.17, 15) is 15.0 Å². The summed E-state index contributed by atoms with van der Waals surface area (Å²) in [6.45, 7) is 4.36. The van der Waals surface area contributed by atoms with Crippen LogP contribution in [0.5, 0.6) is 0 Å². The van der Waals surface area contributed by atoms with E-state index in [1.807, 2.05) is 0 Å². The van der Waals surface area contributed by atoms with E-state index in [0.717, 1.165) is 25.7 Å². The first-order chi connectivity index (χ1) is 23.2. The zero-order valence-corrected chi connectivity index (χ0v) is 32.3. The maximum absolute atomic E-state index is 12.4. The predicted octanol–water partition coefficient (Wildman–Crippen LogP) is 13.3.